The molecule has 0 aliphatic rings. The Balaban J connectivity index is 3.28. The van der Waals surface area contributed by atoms with Crippen LogP contribution >= 0.6 is 0 Å². The largest absolute Gasteiger partial charge is 0.235 e. The SMILES string of the molecule is CC(C)C/C=C\CN=C=O. The van der Waals surface area contributed by atoms with Gasteiger partial charge in [-0.05, 0) is 12.3 Å². The molecule has 10 heavy (non-hydrogen) atoms. The van der Waals surface area contributed by atoms with Gasteiger partial charge in [-0.3, -0.25) is 0 Å². The molecule has 0 N–H and O–H groups in total. The highest BCUT2D eigenvalue weighted by Crippen LogP contribution is 1.98. The zero-order valence-corrected chi connectivity index (χ0v) is 6.50. The number of hydrogen-bond acceptors (Lipinski definition) is 2. The smallest absolute Gasteiger partial charge is 0.211 e. The number of carbonyl (C=O) groups excluding carboxylic acids is 1. The van der Waals surface area contributed by atoms with E-state index in [9.17, 15) is 4.79 Å². The molecule has 0 fully saturated rings. The number of isocyanates is 1. The van der Waals surface area contributed by atoms with Crippen LogP contribution in [0.4, 0.5) is 0 Å². The van der Waals surface area contributed by atoms with Gasteiger partial charge in [0.15, 0.2) is 0 Å². The van der Waals surface area contributed by atoms with Gasteiger partial charge in [0.1, 0.15) is 0 Å². The maximum atomic E-state index is 9.58. The third kappa shape index (κ3) is 7.12. The molecule has 0 spiro atoms. The van der Waals surface area contributed by atoms with Crippen LogP contribution in [0.2, 0.25) is 0 Å². The van der Waals surface area contributed by atoms with Crippen molar-refractivity contribution in [1.82, 2.24) is 0 Å². The summed E-state index contributed by atoms with van der Waals surface area (Å²) in [5.41, 5.74) is 0. The van der Waals surface area contributed by atoms with E-state index in [0.717, 1.165) is 6.42 Å². The van der Waals surface area contributed by atoms with E-state index in [1.807, 2.05) is 12.2 Å². The zero-order valence-electron chi connectivity index (χ0n) is 6.50. The van der Waals surface area contributed by atoms with Crippen molar-refractivity contribution in [2.75, 3.05) is 6.54 Å². The molecule has 0 aliphatic carbocycles. The average molecular weight is 139 g/mol. The van der Waals surface area contributed by atoms with Crippen LogP contribution in [0, 0.1) is 5.92 Å². The number of rotatable bonds is 4. The maximum absolute atomic E-state index is 9.58. The van der Waals surface area contributed by atoms with Crippen LogP contribution in [0.3, 0.4) is 0 Å². The molecule has 0 radical (unpaired) electrons. The molecule has 0 bridgehead atoms. The van der Waals surface area contributed by atoms with Crippen LogP contribution in [0.1, 0.15) is 20.3 Å². The van der Waals surface area contributed by atoms with Crippen LogP contribution < -0.4 is 0 Å². The van der Waals surface area contributed by atoms with E-state index >= 15 is 0 Å². The van der Waals surface area contributed by atoms with Crippen molar-refractivity contribution in [3.63, 3.8) is 0 Å². The minimum Gasteiger partial charge on any atom is -0.211 e. The summed E-state index contributed by atoms with van der Waals surface area (Å²) in [6.45, 7) is 4.76. The Bertz CT molecular complexity index is 143. The van der Waals surface area contributed by atoms with Gasteiger partial charge in [-0.2, -0.15) is 0 Å². The Hall–Kier alpha value is -0.880. The normalized spacial score (nSPS) is 10.3. The minimum atomic E-state index is 0.468. The van der Waals surface area contributed by atoms with Crippen molar-refractivity contribution in [3.05, 3.63) is 12.2 Å². The predicted octanol–water partition coefficient (Wildman–Crippen LogP) is 1.92. The quantitative estimate of drug-likeness (QED) is 0.332. The summed E-state index contributed by atoms with van der Waals surface area (Å²) in [5, 5.41) is 0. The fraction of sp³-hybridized carbons (Fsp3) is 0.625. The van der Waals surface area contributed by atoms with E-state index in [2.05, 4.69) is 18.8 Å². The first-order chi connectivity index (χ1) is 4.77. The number of nitrogens with zero attached hydrogens (tertiary/aromatic N) is 1. The molecule has 0 heterocycles. The first-order valence-electron chi connectivity index (χ1n) is 3.46. The van der Waals surface area contributed by atoms with Gasteiger partial charge in [0.25, 0.3) is 0 Å². The lowest BCUT2D eigenvalue weighted by Gasteiger charge is -1.94. The van der Waals surface area contributed by atoms with Crippen molar-refractivity contribution in [2.24, 2.45) is 10.9 Å². The Morgan fingerprint density at radius 2 is 2.20 bits per heavy atom. The van der Waals surface area contributed by atoms with Crippen molar-refractivity contribution >= 4 is 6.08 Å². The van der Waals surface area contributed by atoms with Crippen molar-refractivity contribution < 1.29 is 4.79 Å². The van der Waals surface area contributed by atoms with Gasteiger partial charge >= 0.3 is 0 Å². The highest BCUT2D eigenvalue weighted by Gasteiger charge is 1.85. The topological polar surface area (TPSA) is 29.4 Å². The van der Waals surface area contributed by atoms with Gasteiger partial charge in [0, 0.05) is 0 Å². The molecular formula is C8H13NO. The van der Waals surface area contributed by atoms with E-state index in [-0.39, 0.29) is 0 Å². The molecule has 0 aromatic heterocycles. The van der Waals surface area contributed by atoms with E-state index < -0.39 is 0 Å². The standard InChI is InChI=1S/C8H13NO/c1-8(2)5-3-4-6-9-7-10/h3-4,8H,5-6H2,1-2H3/b4-3-. The summed E-state index contributed by atoms with van der Waals surface area (Å²) in [5.74, 6) is 0.677. The predicted molar refractivity (Wildman–Crippen MR) is 41.6 cm³/mol. The number of allylic oxidation sites excluding steroid dienone is 1. The third-order valence-electron chi connectivity index (χ3n) is 1.04. The zero-order chi connectivity index (χ0) is 7.82. The summed E-state index contributed by atoms with van der Waals surface area (Å²) in [7, 11) is 0. The van der Waals surface area contributed by atoms with Crippen LogP contribution in [0.5, 0.6) is 0 Å². The molecule has 0 atom stereocenters. The Labute approximate surface area is 61.7 Å². The van der Waals surface area contributed by atoms with Crippen LogP contribution in [0.25, 0.3) is 0 Å². The second-order valence-electron chi connectivity index (χ2n) is 2.53. The lowest BCUT2D eigenvalue weighted by atomic mass is 10.1. The lowest BCUT2D eigenvalue weighted by Crippen LogP contribution is -1.81. The highest BCUT2D eigenvalue weighted by molar-refractivity contribution is 5.33. The Kier molecular flexibility index (Phi) is 5.69. The summed E-state index contributed by atoms with van der Waals surface area (Å²) < 4.78 is 0. The molecule has 0 amide bonds. The second kappa shape index (κ2) is 6.24. The van der Waals surface area contributed by atoms with Gasteiger partial charge < -0.3 is 0 Å². The molecule has 56 valence electrons. The molecule has 0 saturated heterocycles. The molecule has 0 saturated carbocycles. The number of aliphatic imine (C=N–C) groups is 1. The first kappa shape index (κ1) is 9.12. The van der Waals surface area contributed by atoms with E-state index in [1.54, 1.807) is 0 Å². The molecule has 0 aromatic rings. The van der Waals surface area contributed by atoms with Gasteiger partial charge in [-0.25, -0.2) is 9.79 Å². The van der Waals surface area contributed by atoms with Gasteiger partial charge in [-0.15, -0.1) is 0 Å². The molecular weight excluding hydrogens is 126 g/mol. The summed E-state index contributed by atoms with van der Waals surface area (Å²) in [6.07, 6.45) is 6.44. The molecule has 0 rings (SSSR count). The van der Waals surface area contributed by atoms with Crippen LogP contribution in [0.15, 0.2) is 17.1 Å². The third-order valence-corrected chi connectivity index (χ3v) is 1.04. The Morgan fingerprint density at radius 3 is 2.70 bits per heavy atom. The van der Waals surface area contributed by atoms with E-state index in [4.69, 9.17) is 0 Å². The second-order valence-corrected chi connectivity index (χ2v) is 2.53. The fourth-order valence-corrected chi connectivity index (χ4v) is 0.533. The monoisotopic (exact) mass is 139 g/mol. The molecule has 2 heteroatoms. The first-order valence-corrected chi connectivity index (χ1v) is 3.46. The molecule has 0 aromatic carbocycles. The van der Waals surface area contributed by atoms with Crippen molar-refractivity contribution in [1.29, 1.82) is 0 Å². The van der Waals surface area contributed by atoms with Gasteiger partial charge in [-0.1, -0.05) is 26.0 Å². The average Bonchev–Trinajstić information content (AvgIpc) is 1.87. The summed E-state index contributed by atoms with van der Waals surface area (Å²) >= 11 is 0. The highest BCUT2D eigenvalue weighted by atomic mass is 16.1. The van der Waals surface area contributed by atoms with Crippen molar-refractivity contribution in [2.45, 2.75) is 20.3 Å². The minimum absolute atomic E-state index is 0.468. The van der Waals surface area contributed by atoms with Crippen molar-refractivity contribution in [3.8, 4) is 0 Å². The molecule has 0 unspecified atom stereocenters. The Morgan fingerprint density at radius 1 is 1.50 bits per heavy atom. The van der Waals surface area contributed by atoms with E-state index in [1.165, 1.54) is 6.08 Å². The summed E-state index contributed by atoms with van der Waals surface area (Å²) in [4.78, 5) is 13.0. The van der Waals surface area contributed by atoms with Gasteiger partial charge in [0.05, 0.1) is 6.54 Å². The maximum Gasteiger partial charge on any atom is 0.235 e. The number of hydrogen-bond donors (Lipinski definition) is 0. The molecule has 2 nitrogen and oxygen atoms in total. The van der Waals surface area contributed by atoms with E-state index in [0.29, 0.717) is 12.5 Å². The van der Waals surface area contributed by atoms with Crippen LogP contribution in [-0.4, -0.2) is 12.6 Å². The van der Waals surface area contributed by atoms with Gasteiger partial charge in [0.2, 0.25) is 6.08 Å². The molecule has 0 aliphatic heterocycles. The fourth-order valence-electron chi connectivity index (χ4n) is 0.533. The lowest BCUT2D eigenvalue weighted by molar-refractivity contribution is 0.564. The van der Waals surface area contributed by atoms with Crippen LogP contribution in [-0.2, 0) is 4.79 Å². The summed E-state index contributed by atoms with van der Waals surface area (Å²) in [6, 6.07) is 0.